The molecular weight excluding hydrogens is 284 g/mol. The Morgan fingerprint density at radius 3 is 2.90 bits per heavy atom. The van der Waals surface area contributed by atoms with Gasteiger partial charge in [0.25, 0.3) is 0 Å². The topological polar surface area (TPSA) is 47.3 Å². The van der Waals surface area contributed by atoms with E-state index < -0.39 is 0 Å². The van der Waals surface area contributed by atoms with Crippen molar-refractivity contribution in [3.8, 4) is 0 Å². The maximum atomic E-state index is 12.4. The first-order valence-electron chi connectivity index (χ1n) is 7.38. The average molecular weight is 302 g/mol. The largest absolute Gasteiger partial charge is 0.461 e. The van der Waals surface area contributed by atoms with Gasteiger partial charge in [-0.1, -0.05) is 12.5 Å². The molecule has 3 rings (SSSR count). The monoisotopic (exact) mass is 302 g/mol. The van der Waals surface area contributed by atoms with E-state index in [0.717, 1.165) is 24.1 Å². The van der Waals surface area contributed by atoms with Gasteiger partial charge >= 0.3 is 0 Å². The normalized spacial score (nSPS) is 20.4. The molecule has 2 aromatic heterocycles. The molecule has 21 heavy (non-hydrogen) atoms. The first kappa shape index (κ1) is 14.3. The summed E-state index contributed by atoms with van der Waals surface area (Å²) in [6.07, 6.45) is 5.48. The lowest BCUT2D eigenvalue weighted by Crippen LogP contribution is -2.27. The van der Waals surface area contributed by atoms with E-state index in [4.69, 9.17) is 4.42 Å². The Hall–Kier alpha value is -1.68. The van der Waals surface area contributed by atoms with Crippen LogP contribution >= 0.6 is 11.3 Å². The first-order chi connectivity index (χ1) is 10.3. The van der Waals surface area contributed by atoms with E-state index in [0.29, 0.717) is 24.4 Å². The highest BCUT2D eigenvalue weighted by atomic mass is 32.1. The van der Waals surface area contributed by atoms with E-state index in [9.17, 15) is 9.59 Å². The van der Waals surface area contributed by atoms with Gasteiger partial charge in [-0.3, -0.25) is 9.59 Å². The van der Waals surface area contributed by atoms with Crippen molar-refractivity contribution >= 4 is 22.9 Å². The fourth-order valence-corrected chi connectivity index (χ4v) is 4.01. The van der Waals surface area contributed by atoms with Gasteiger partial charge in [-0.25, -0.2) is 0 Å². The molecule has 2 aromatic rings. The molecule has 2 unspecified atom stereocenters. The van der Waals surface area contributed by atoms with Gasteiger partial charge in [0, 0.05) is 29.6 Å². The zero-order chi connectivity index (χ0) is 14.7. The molecule has 0 aliphatic heterocycles. The molecule has 1 fully saturated rings. The maximum absolute atomic E-state index is 12.4. The summed E-state index contributed by atoms with van der Waals surface area (Å²) in [5, 5.41) is 2.01. The van der Waals surface area contributed by atoms with Gasteiger partial charge in [0.2, 0.25) is 0 Å². The van der Waals surface area contributed by atoms with E-state index in [1.807, 2.05) is 17.5 Å². The number of ketones is 2. The zero-order valence-corrected chi connectivity index (χ0v) is 12.6. The molecule has 110 valence electrons. The van der Waals surface area contributed by atoms with E-state index in [1.165, 1.54) is 6.26 Å². The predicted molar refractivity (Wildman–Crippen MR) is 81.7 cm³/mol. The molecule has 0 bridgehead atoms. The second-order valence-electron chi connectivity index (χ2n) is 5.55. The van der Waals surface area contributed by atoms with Crippen LogP contribution in [0.1, 0.15) is 53.5 Å². The summed E-state index contributed by atoms with van der Waals surface area (Å²) in [6.45, 7) is 0. The number of Topliss-reactive ketones (excluding diaryl/α,β-unsaturated/α-hetero) is 2. The van der Waals surface area contributed by atoms with E-state index in [1.54, 1.807) is 23.5 Å². The second-order valence-corrected chi connectivity index (χ2v) is 6.52. The van der Waals surface area contributed by atoms with Crippen LogP contribution in [-0.2, 0) is 4.79 Å². The van der Waals surface area contributed by atoms with Crippen molar-refractivity contribution in [2.45, 2.75) is 38.0 Å². The molecule has 3 nitrogen and oxygen atoms in total. The summed E-state index contributed by atoms with van der Waals surface area (Å²) in [5.41, 5.74) is 0. The third kappa shape index (κ3) is 3.16. The number of carbonyl (C=O) groups excluding carboxylic acids is 2. The van der Waals surface area contributed by atoms with Crippen molar-refractivity contribution in [2.24, 2.45) is 5.92 Å². The molecule has 1 aliphatic rings. The zero-order valence-electron chi connectivity index (χ0n) is 11.8. The summed E-state index contributed by atoms with van der Waals surface area (Å²) in [6, 6.07) is 7.43. The van der Waals surface area contributed by atoms with Gasteiger partial charge in [0.15, 0.2) is 11.5 Å². The van der Waals surface area contributed by atoms with Crippen LogP contribution in [0.15, 0.2) is 40.3 Å². The van der Waals surface area contributed by atoms with Crippen LogP contribution in [0.5, 0.6) is 0 Å². The standard InChI is InChI=1S/C17H18O3S/c18-14-6-2-1-5-12(14)13(17-8-4-10-21-17)11-15(19)16-7-3-9-20-16/h3-4,7-10,12-13H,1-2,5-6,11H2. The molecule has 2 atom stereocenters. The van der Waals surface area contributed by atoms with Crippen molar-refractivity contribution < 1.29 is 14.0 Å². The van der Waals surface area contributed by atoms with Crippen LogP contribution in [0, 0.1) is 5.92 Å². The summed E-state index contributed by atoms with van der Waals surface area (Å²) < 4.78 is 5.20. The van der Waals surface area contributed by atoms with Gasteiger partial charge < -0.3 is 4.42 Å². The number of furan rings is 1. The molecule has 0 saturated heterocycles. The molecule has 1 aliphatic carbocycles. The fourth-order valence-electron chi connectivity index (χ4n) is 3.12. The molecule has 0 aromatic carbocycles. The lowest BCUT2D eigenvalue weighted by molar-refractivity contribution is -0.125. The number of rotatable bonds is 5. The van der Waals surface area contributed by atoms with Crippen LogP contribution in [0.4, 0.5) is 0 Å². The quantitative estimate of drug-likeness (QED) is 0.766. The fraction of sp³-hybridized carbons (Fsp3) is 0.412. The number of thiophene rings is 1. The highest BCUT2D eigenvalue weighted by Crippen LogP contribution is 2.38. The Labute approximate surface area is 128 Å². The summed E-state index contributed by atoms with van der Waals surface area (Å²) in [5.74, 6) is 0.662. The third-order valence-electron chi connectivity index (χ3n) is 4.20. The number of hydrogen-bond donors (Lipinski definition) is 0. The average Bonchev–Trinajstić information content (AvgIpc) is 3.18. The third-order valence-corrected chi connectivity index (χ3v) is 5.20. The van der Waals surface area contributed by atoms with Gasteiger partial charge in [-0.05, 0) is 36.4 Å². The number of hydrogen-bond acceptors (Lipinski definition) is 4. The molecular formula is C17H18O3S. The molecule has 0 N–H and O–H groups in total. The smallest absolute Gasteiger partial charge is 0.198 e. The van der Waals surface area contributed by atoms with Crippen molar-refractivity contribution in [3.05, 3.63) is 46.5 Å². The van der Waals surface area contributed by atoms with Crippen LogP contribution in [0.3, 0.4) is 0 Å². The van der Waals surface area contributed by atoms with Gasteiger partial charge in [-0.2, -0.15) is 0 Å². The van der Waals surface area contributed by atoms with Crippen molar-refractivity contribution in [1.82, 2.24) is 0 Å². The van der Waals surface area contributed by atoms with Crippen molar-refractivity contribution in [2.75, 3.05) is 0 Å². The summed E-state index contributed by atoms with van der Waals surface area (Å²) in [7, 11) is 0. The lowest BCUT2D eigenvalue weighted by Gasteiger charge is -2.28. The van der Waals surface area contributed by atoms with Gasteiger partial charge in [0.05, 0.1) is 6.26 Å². The Kier molecular flexibility index (Phi) is 4.34. The highest BCUT2D eigenvalue weighted by Gasteiger charge is 2.33. The Bertz CT molecular complexity index is 598. The maximum Gasteiger partial charge on any atom is 0.198 e. The minimum atomic E-state index is -0.0173. The highest BCUT2D eigenvalue weighted by molar-refractivity contribution is 7.10. The molecule has 0 amide bonds. The van der Waals surface area contributed by atoms with E-state index in [-0.39, 0.29) is 17.6 Å². The summed E-state index contributed by atoms with van der Waals surface area (Å²) >= 11 is 1.63. The van der Waals surface area contributed by atoms with Crippen molar-refractivity contribution in [1.29, 1.82) is 0 Å². The van der Waals surface area contributed by atoms with Crippen LogP contribution in [0.2, 0.25) is 0 Å². The Morgan fingerprint density at radius 2 is 2.24 bits per heavy atom. The lowest BCUT2D eigenvalue weighted by atomic mass is 9.76. The van der Waals surface area contributed by atoms with Crippen LogP contribution < -0.4 is 0 Å². The van der Waals surface area contributed by atoms with Gasteiger partial charge in [-0.15, -0.1) is 11.3 Å². The molecule has 0 radical (unpaired) electrons. The SMILES string of the molecule is O=C(CC(c1cccs1)C1CCCCC1=O)c1ccco1. The predicted octanol–water partition coefficient (Wildman–Crippen LogP) is 4.46. The van der Waals surface area contributed by atoms with Crippen molar-refractivity contribution in [3.63, 3.8) is 0 Å². The Balaban J connectivity index is 1.83. The summed E-state index contributed by atoms with van der Waals surface area (Å²) in [4.78, 5) is 25.8. The van der Waals surface area contributed by atoms with Crippen LogP contribution in [-0.4, -0.2) is 11.6 Å². The molecule has 2 heterocycles. The van der Waals surface area contributed by atoms with Crippen LogP contribution in [0.25, 0.3) is 0 Å². The van der Waals surface area contributed by atoms with E-state index >= 15 is 0 Å². The van der Waals surface area contributed by atoms with Gasteiger partial charge in [0.1, 0.15) is 5.78 Å². The number of carbonyl (C=O) groups is 2. The molecule has 0 spiro atoms. The van der Waals surface area contributed by atoms with E-state index in [2.05, 4.69) is 0 Å². The molecule has 1 saturated carbocycles. The Morgan fingerprint density at radius 1 is 1.33 bits per heavy atom. The minimum absolute atomic E-state index is 0.00426. The minimum Gasteiger partial charge on any atom is -0.461 e. The first-order valence-corrected chi connectivity index (χ1v) is 8.26. The molecule has 4 heteroatoms. The second kappa shape index (κ2) is 6.39.